The average Bonchev–Trinajstić information content (AvgIpc) is 2.58. The zero-order valence-electron chi connectivity index (χ0n) is 13.2. The normalized spacial score (nSPS) is 28.5. The Hall–Kier alpha value is -1.64. The van der Waals surface area contributed by atoms with Crippen LogP contribution in [-0.2, 0) is 0 Å². The summed E-state index contributed by atoms with van der Waals surface area (Å²) in [6.07, 6.45) is 2.69. The maximum absolute atomic E-state index is 10.7. The van der Waals surface area contributed by atoms with Gasteiger partial charge in [-0.2, -0.15) is 0 Å². The first-order valence-corrected chi connectivity index (χ1v) is 8.33. The third-order valence-corrected chi connectivity index (χ3v) is 4.76. The van der Waals surface area contributed by atoms with Crippen LogP contribution < -0.4 is 5.32 Å². The Bertz CT molecular complexity index is 569. The molecule has 1 fully saturated rings. The molecule has 3 rings (SSSR count). The van der Waals surface area contributed by atoms with Gasteiger partial charge in [0.05, 0.1) is 6.10 Å². The van der Waals surface area contributed by atoms with Crippen LogP contribution in [0.15, 0.2) is 60.7 Å². The van der Waals surface area contributed by atoms with E-state index >= 15 is 0 Å². The summed E-state index contributed by atoms with van der Waals surface area (Å²) < 4.78 is 0. The van der Waals surface area contributed by atoms with Crippen LogP contribution in [0.2, 0.25) is 0 Å². The van der Waals surface area contributed by atoms with Gasteiger partial charge in [0, 0.05) is 18.0 Å². The van der Waals surface area contributed by atoms with Crippen molar-refractivity contribution in [2.45, 2.75) is 44.4 Å². The number of nitrogens with one attached hydrogen (secondary N) is 1. The first-order valence-electron chi connectivity index (χ1n) is 8.33. The zero-order valence-corrected chi connectivity index (χ0v) is 13.2. The van der Waals surface area contributed by atoms with Gasteiger partial charge in [0.2, 0.25) is 0 Å². The second-order valence-corrected chi connectivity index (χ2v) is 6.27. The molecule has 0 bridgehead atoms. The van der Waals surface area contributed by atoms with Crippen molar-refractivity contribution in [2.75, 3.05) is 0 Å². The third kappa shape index (κ3) is 3.23. The highest BCUT2D eigenvalue weighted by molar-refractivity contribution is 5.25. The number of rotatable bonds is 4. The van der Waals surface area contributed by atoms with Gasteiger partial charge in [-0.15, -0.1) is 0 Å². The quantitative estimate of drug-likeness (QED) is 0.884. The van der Waals surface area contributed by atoms with Crippen LogP contribution in [-0.4, -0.2) is 11.2 Å². The Balaban J connectivity index is 1.88. The minimum atomic E-state index is -0.253. The van der Waals surface area contributed by atoms with Crippen LogP contribution in [0.3, 0.4) is 0 Å². The molecule has 4 atom stereocenters. The SMILES string of the molecule is CCC[C@H]1[C@H](O)C[C@H](c2ccccc2)N[C@@H]1c1ccccc1. The number of hydrogen-bond acceptors (Lipinski definition) is 2. The van der Waals surface area contributed by atoms with Gasteiger partial charge in [0.15, 0.2) is 0 Å². The maximum atomic E-state index is 10.7. The molecule has 2 aromatic rings. The van der Waals surface area contributed by atoms with E-state index < -0.39 is 0 Å². The summed E-state index contributed by atoms with van der Waals surface area (Å²) in [5.74, 6) is 0.285. The van der Waals surface area contributed by atoms with Gasteiger partial charge in [-0.25, -0.2) is 0 Å². The summed E-state index contributed by atoms with van der Waals surface area (Å²) in [7, 11) is 0. The molecule has 1 aliphatic rings. The maximum Gasteiger partial charge on any atom is 0.0604 e. The summed E-state index contributed by atoms with van der Waals surface area (Å²) >= 11 is 0. The van der Waals surface area contributed by atoms with Crippen molar-refractivity contribution in [3.8, 4) is 0 Å². The van der Waals surface area contributed by atoms with Crippen molar-refractivity contribution in [3.63, 3.8) is 0 Å². The van der Waals surface area contributed by atoms with Gasteiger partial charge >= 0.3 is 0 Å². The summed E-state index contributed by atoms with van der Waals surface area (Å²) in [4.78, 5) is 0. The molecular weight excluding hydrogens is 270 g/mol. The molecule has 22 heavy (non-hydrogen) atoms. The number of benzene rings is 2. The summed E-state index contributed by atoms with van der Waals surface area (Å²) in [5.41, 5.74) is 2.54. The summed E-state index contributed by atoms with van der Waals surface area (Å²) in [6.45, 7) is 2.19. The minimum absolute atomic E-state index is 0.217. The third-order valence-electron chi connectivity index (χ3n) is 4.76. The van der Waals surface area contributed by atoms with Crippen molar-refractivity contribution >= 4 is 0 Å². The van der Waals surface area contributed by atoms with Crippen molar-refractivity contribution in [1.29, 1.82) is 0 Å². The van der Waals surface area contributed by atoms with E-state index in [0.29, 0.717) is 0 Å². The predicted octanol–water partition coefficient (Wildman–Crippen LogP) is 4.24. The smallest absolute Gasteiger partial charge is 0.0604 e. The molecule has 2 nitrogen and oxygen atoms in total. The van der Waals surface area contributed by atoms with E-state index in [1.165, 1.54) is 11.1 Å². The molecule has 0 radical (unpaired) electrons. The number of aliphatic hydroxyl groups is 1. The molecule has 0 amide bonds. The Morgan fingerprint density at radius 2 is 1.55 bits per heavy atom. The van der Waals surface area contributed by atoms with Crippen molar-refractivity contribution in [1.82, 2.24) is 5.32 Å². The largest absolute Gasteiger partial charge is 0.393 e. The number of hydrogen-bond donors (Lipinski definition) is 2. The number of piperidine rings is 1. The summed E-state index contributed by atoms with van der Waals surface area (Å²) in [5, 5.41) is 14.5. The van der Waals surface area contributed by atoms with Crippen molar-refractivity contribution in [2.24, 2.45) is 5.92 Å². The van der Waals surface area contributed by atoms with E-state index in [0.717, 1.165) is 19.3 Å². The molecule has 0 saturated carbocycles. The first-order chi connectivity index (χ1) is 10.8. The molecule has 1 heterocycles. The van der Waals surface area contributed by atoms with E-state index in [4.69, 9.17) is 0 Å². The van der Waals surface area contributed by atoms with E-state index in [1.54, 1.807) is 0 Å². The van der Waals surface area contributed by atoms with Crippen LogP contribution in [0.4, 0.5) is 0 Å². The fourth-order valence-electron chi connectivity index (χ4n) is 3.66. The van der Waals surface area contributed by atoms with Gasteiger partial charge in [0.25, 0.3) is 0 Å². The second-order valence-electron chi connectivity index (χ2n) is 6.27. The van der Waals surface area contributed by atoms with Gasteiger partial charge in [-0.3, -0.25) is 0 Å². The van der Waals surface area contributed by atoms with E-state index in [9.17, 15) is 5.11 Å². The Morgan fingerprint density at radius 3 is 2.14 bits per heavy atom. The fraction of sp³-hybridized carbons (Fsp3) is 0.400. The lowest BCUT2D eigenvalue weighted by Gasteiger charge is -2.41. The predicted molar refractivity (Wildman–Crippen MR) is 90.5 cm³/mol. The lowest BCUT2D eigenvalue weighted by Crippen LogP contribution is -2.44. The molecule has 1 aliphatic heterocycles. The lowest BCUT2D eigenvalue weighted by atomic mass is 9.78. The van der Waals surface area contributed by atoms with Crippen LogP contribution in [0.25, 0.3) is 0 Å². The molecule has 1 saturated heterocycles. The van der Waals surface area contributed by atoms with Crippen LogP contribution in [0.5, 0.6) is 0 Å². The molecule has 2 heteroatoms. The highest BCUT2D eigenvalue weighted by atomic mass is 16.3. The monoisotopic (exact) mass is 295 g/mol. The lowest BCUT2D eigenvalue weighted by molar-refractivity contribution is 0.0262. The minimum Gasteiger partial charge on any atom is -0.393 e. The molecular formula is C20H25NO. The Labute approximate surface area is 133 Å². The number of aliphatic hydroxyl groups excluding tert-OH is 1. The van der Waals surface area contributed by atoms with Crippen molar-refractivity contribution in [3.05, 3.63) is 71.8 Å². The van der Waals surface area contributed by atoms with Crippen LogP contribution >= 0.6 is 0 Å². The Kier molecular flexibility index (Phi) is 4.91. The van der Waals surface area contributed by atoms with E-state index in [-0.39, 0.29) is 24.1 Å². The highest BCUT2D eigenvalue weighted by Gasteiger charge is 2.37. The van der Waals surface area contributed by atoms with Gasteiger partial charge in [-0.05, 0) is 24.0 Å². The molecule has 2 aromatic carbocycles. The molecule has 0 spiro atoms. The van der Waals surface area contributed by atoms with Crippen molar-refractivity contribution < 1.29 is 5.11 Å². The van der Waals surface area contributed by atoms with Crippen LogP contribution in [0, 0.1) is 5.92 Å². The second kappa shape index (κ2) is 7.08. The van der Waals surface area contributed by atoms with Crippen LogP contribution in [0.1, 0.15) is 49.4 Å². The average molecular weight is 295 g/mol. The first kappa shape index (κ1) is 15.3. The molecule has 2 N–H and O–H groups in total. The Morgan fingerprint density at radius 1 is 0.955 bits per heavy atom. The topological polar surface area (TPSA) is 32.3 Å². The van der Waals surface area contributed by atoms with Gasteiger partial charge in [0.1, 0.15) is 0 Å². The molecule has 0 aromatic heterocycles. The molecule has 116 valence electrons. The van der Waals surface area contributed by atoms with Gasteiger partial charge in [-0.1, -0.05) is 74.0 Å². The molecule has 0 unspecified atom stereocenters. The molecule has 0 aliphatic carbocycles. The summed E-state index contributed by atoms with van der Waals surface area (Å²) in [6, 6.07) is 21.4. The fourth-order valence-corrected chi connectivity index (χ4v) is 3.66. The van der Waals surface area contributed by atoms with E-state index in [1.807, 2.05) is 12.1 Å². The standard InChI is InChI=1S/C20H25NO/c1-2-9-17-19(22)14-18(15-10-5-3-6-11-15)21-20(17)16-12-7-4-8-13-16/h3-8,10-13,17-22H,2,9,14H2,1H3/t17-,18+,19+,20+/m0/s1. The van der Waals surface area contributed by atoms with Gasteiger partial charge < -0.3 is 10.4 Å². The zero-order chi connectivity index (χ0) is 15.4. The highest BCUT2D eigenvalue weighted by Crippen LogP contribution is 2.39. The van der Waals surface area contributed by atoms with E-state index in [2.05, 4.69) is 60.8 Å².